The van der Waals surface area contributed by atoms with Gasteiger partial charge in [0.15, 0.2) is 11.0 Å². The number of nitrogens with zero attached hydrogens (tertiary/aromatic N) is 4. The van der Waals surface area contributed by atoms with E-state index in [0.29, 0.717) is 11.0 Å². The Kier molecular flexibility index (Phi) is 6.48. The molecule has 0 fully saturated rings. The number of thioether (sulfide) groups is 1. The van der Waals surface area contributed by atoms with Gasteiger partial charge in [0.1, 0.15) is 0 Å². The van der Waals surface area contributed by atoms with Crippen molar-refractivity contribution in [3.8, 4) is 17.1 Å². The molecule has 0 aliphatic rings. The summed E-state index contributed by atoms with van der Waals surface area (Å²) < 4.78 is 2.94. The van der Waals surface area contributed by atoms with Crippen molar-refractivity contribution in [2.75, 3.05) is 11.1 Å². The predicted molar refractivity (Wildman–Crippen MR) is 128 cm³/mol. The van der Waals surface area contributed by atoms with Gasteiger partial charge in [0.25, 0.3) is 0 Å². The second kappa shape index (κ2) is 9.45. The third-order valence-electron chi connectivity index (χ3n) is 4.73. The lowest BCUT2D eigenvalue weighted by Crippen LogP contribution is -2.16. The van der Waals surface area contributed by atoms with Crippen LogP contribution in [-0.4, -0.2) is 31.4 Å². The molecule has 31 heavy (non-hydrogen) atoms. The van der Waals surface area contributed by atoms with E-state index in [1.165, 1.54) is 11.8 Å². The van der Waals surface area contributed by atoms with E-state index in [4.69, 9.17) is 0 Å². The highest BCUT2D eigenvalue weighted by Crippen LogP contribution is 2.29. The van der Waals surface area contributed by atoms with Crippen molar-refractivity contribution in [1.82, 2.24) is 19.7 Å². The molecule has 8 heteroatoms. The fourth-order valence-electron chi connectivity index (χ4n) is 3.19. The molecule has 4 aromatic rings. The van der Waals surface area contributed by atoms with Crippen LogP contribution in [0.5, 0.6) is 0 Å². The van der Waals surface area contributed by atoms with E-state index < -0.39 is 0 Å². The van der Waals surface area contributed by atoms with E-state index in [-0.39, 0.29) is 11.7 Å². The number of benzene rings is 2. The lowest BCUT2D eigenvalue weighted by molar-refractivity contribution is -0.113. The molecule has 6 nitrogen and oxygen atoms in total. The molecule has 0 radical (unpaired) electrons. The van der Waals surface area contributed by atoms with Crippen LogP contribution in [0.15, 0.2) is 76.6 Å². The van der Waals surface area contributed by atoms with E-state index in [1.807, 2.05) is 73.0 Å². The number of halogens is 1. The number of carbonyl (C=O) groups excluding carboxylic acids is 1. The van der Waals surface area contributed by atoms with Gasteiger partial charge in [0.2, 0.25) is 5.91 Å². The van der Waals surface area contributed by atoms with Gasteiger partial charge < -0.3 is 5.32 Å². The summed E-state index contributed by atoms with van der Waals surface area (Å²) in [5, 5.41) is 12.4. The number of aromatic nitrogens is 4. The van der Waals surface area contributed by atoms with Gasteiger partial charge >= 0.3 is 0 Å². The maximum Gasteiger partial charge on any atom is 0.234 e. The van der Waals surface area contributed by atoms with Crippen molar-refractivity contribution < 1.29 is 4.79 Å². The number of anilines is 1. The SMILES string of the molecule is Cc1cccc(C)c1NC(=O)CSc1nnc(-c2ccncc2)n1-c1ccc(Br)cc1. The van der Waals surface area contributed by atoms with Crippen molar-refractivity contribution in [3.05, 3.63) is 82.6 Å². The summed E-state index contributed by atoms with van der Waals surface area (Å²) in [5.41, 5.74) is 4.75. The summed E-state index contributed by atoms with van der Waals surface area (Å²) in [6.45, 7) is 3.97. The molecule has 2 aromatic carbocycles. The molecular weight excluding hydrogens is 474 g/mol. The van der Waals surface area contributed by atoms with Crippen LogP contribution in [0.1, 0.15) is 11.1 Å². The van der Waals surface area contributed by atoms with E-state index in [9.17, 15) is 4.79 Å². The van der Waals surface area contributed by atoms with Gasteiger partial charge in [-0.1, -0.05) is 45.9 Å². The smallest absolute Gasteiger partial charge is 0.234 e. The Labute approximate surface area is 193 Å². The van der Waals surface area contributed by atoms with Crippen molar-refractivity contribution in [1.29, 1.82) is 0 Å². The summed E-state index contributed by atoms with van der Waals surface area (Å²) in [5.74, 6) is 0.833. The van der Waals surface area contributed by atoms with Crippen LogP contribution in [0.2, 0.25) is 0 Å². The fourth-order valence-corrected chi connectivity index (χ4v) is 4.21. The Morgan fingerprint density at radius 1 is 1.00 bits per heavy atom. The van der Waals surface area contributed by atoms with Crippen LogP contribution in [0, 0.1) is 13.8 Å². The lowest BCUT2D eigenvalue weighted by Gasteiger charge is -2.12. The van der Waals surface area contributed by atoms with Crippen molar-refractivity contribution in [3.63, 3.8) is 0 Å². The number of aryl methyl sites for hydroxylation is 2. The van der Waals surface area contributed by atoms with Crippen LogP contribution in [0.3, 0.4) is 0 Å². The van der Waals surface area contributed by atoms with Crippen molar-refractivity contribution in [2.24, 2.45) is 0 Å². The maximum atomic E-state index is 12.7. The summed E-state index contributed by atoms with van der Waals surface area (Å²) >= 11 is 4.83. The normalized spacial score (nSPS) is 10.8. The number of nitrogens with one attached hydrogen (secondary N) is 1. The first-order valence-electron chi connectivity index (χ1n) is 9.63. The average molecular weight is 494 g/mol. The van der Waals surface area contributed by atoms with Gasteiger partial charge in [0, 0.05) is 33.8 Å². The molecule has 2 aromatic heterocycles. The van der Waals surface area contributed by atoms with Gasteiger partial charge in [-0.15, -0.1) is 10.2 Å². The summed E-state index contributed by atoms with van der Waals surface area (Å²) in [6.07, 6.45) is 3.45. The number of rotatable bonds is 6. The minimum atomic E-state index is -0.0850. The molecule has 0 bridgehead atoms. The highest BCUT2D eigenvalue weighted by Gasteiger charge is 2.18. The minimum Gasteiger partial charge on any atom is -0.325 e. The molecule has 0 aliphatic carbocycles. The molecular formula is C23H20BrN5OS. The van der Waals surface area contributed by atoms with Gasteiger partial charge in [0.05, 0.1) is 5.75 Å². The summed E-state index contributed by atoms with van der Waals surface area (Å²) in [6, 6.07) is 17.6. The number of carbonyl (C=O) groups is 1. The largest absolute Gasteiger partial charge is 0.325 e. The Morgan fingerprint density at radius 3 is 2.35 bits per heavy atom. The summed E-state index contributed by atoms with van der Waals surface area (Å²) in [7, 11) is 0. The summed E-state index contributed by atoms with van der Waals surface area (Å²) in [4.78, 5) is 16.7. The zero-order chi connectivity index (χ0) is 21.8. The molecule has 2 heterocycles. The topological polar surface area (TPSA) is 72.7 Å². The molecule has 1 amide bonds. The number of hydrogen-bond donors (Lipinski definition) is 1. The van der Waals surface area contributed by atoms with Crippen LogP contribution in [0.25, 0.3) is 17.1 Å². The van der Waals surface area contributed by atoms with Crippen molar-refractivity contribution in [2.45, 2.75) is 19.0 Å². The zero-order valence-corrected chi connectivity index (χ0v) is 19.4. The zero-order valence-electron chi connectivity index (χ0n) is 17.0. The fraction of sp³-hybridized carbons (Fsp3) is 0.130. The lowest BCUT2D eigenvalue weighted by atomic mass is 10.1. The van der Waals surface area contributed by atoms with Crippen molar-refractivity contribution >= 4 is 39.3 Å². The van der Waals surface area contributed by atoms with E-state index in [2.05, 4.69) is 36.4 Å². The molecule has 0 atom stereocenters. The first-order valence-corrected chi connectivity index (χ1v) is 11.4. The second-order valence-corrected chi connectivity index (χ2v) is 8.82. The van der Waals surface area contributed by atoms with E-state index >= 15 is 0 Å². The molecule has 0 aliphatic heterocycles. The first kappa shape index (κ1) is 21.3. The Morgan fingerprint density at radius 2 is 1.68 bits per heavy atom. The number of para-hydroxylation sites is 1. The Bertz CT molecular complexity index is 1190. The monoisotopic (exact) mass is 493 g/mol. The average Bonchev–Trinajstić information content (AvgIpc) is 3.20. The molecule has 0 saturated heterocycles. The van der Waals surface area contributed by atoms with Gasteiger partial charge in [-0.25, -0.2) is 0 Å². The number of hydrogen-bond acceptors (Lipinski definition) is 5. The number of amides is 1. The highest BCUT2D eigenvalue weighted by atomic mass is 79.9. The van der Waals surface area contributed by atoms with Gasteiger partial charge in [-0.05, 0) is 61.4 Å². The van der Waals surface area contributed by atoms with Gasteiger partial charge in [-0.2, -0.15) is 0 Å². The standard InChI is InChI=1S/C23H20BrN5OS/c1-15-4-3-5-16(2)21(15)26-20(30)14-31-23-28-27-22(17-10-12-25-13-11-17)29(23)19-8-6-18(24)7-9-19/h3-13H,14H2,1-2H3,(H,26,30). The predicted octanol–water partition coefficient (Wildman–Crippen LogP) is 5.44. The van der Waals surface area contributed by atoms with Gasteiger partial charge in [-0.3, -0.25) is 14.3 Å². The third-order valence-corrected chi connectivity index (χ3v) is 6.19. The van der Waals surface area contributed by atoms with Crippen LogP contribution < -0.4 is 5.32 Å². The van der Waals surface area contributed by atoms with Crippen LogP contribution >= 0.6 is 27.7 Å². The first-order chi connectivity index (χ1) is 15.0. The van der Waals surface area contributed by atoms with Crippen LogP contribution in [0.4, 0.5) is 5.69 Å². The Balaban J connectivity index is 1.60. The molecule has 156 valence electrons. The molecule has 0 saturated carbocycles. The highest BCUT2D eigenvalue weighted by molar-refractivity contribution is 9.10. The quantitative estimate of drug-likeness (QED) is 0.362. The Hall–Kier alpha value is -2.97. The second-order valence-electron chi connectivity index (χ2n) is 6.96. The van der Waals surface area contributed by atoms with E-state index in [0.717, 1.165) is 32.5 Å². The molecule has 0 spiro atoms. The molecule has 0 unspecified atom stereocenters. The molecule has 1 N–H and O–H groups in total. The molecule has 4 rings (SSSR count). The number of pyridine rings is 1. The minimum absolute atomic E-state index is 0.0850. The van der Waals surface area contributed by atoms with E-state index in [1.54, 1.807) is 12.4 Å². The maximum absolute atomic E-state index is 12.7. The van der Waals surface area contributed by atoms with Crippen LogP contribution in [-0.2, 0) is 4.79 Å². The third kappa shape index (κ3) is 4.86.